The molecule has 1 aromatic rings. The van der Waals surface area contributed by atoms with Crippen LogP contribution in [0.1, 0.15) is 26.3 Å². The lowest BCUT2D eigenvalue weighted by Gasteiger charge is -2.19. The Morgan fingerprint density at radius 3 is 2.35 bits per heavy atom. The van der Waals surface area contributed by atoms with E-state index >= 15 is 0 Å². The van der Waals surface area contributed by atoms with Crippen molar-refractivity contribution in [2.45, 2.75) is 33.0 Å². The molecule has 0 aliphatic heterocycles. The molecular formula is C12H18N2O5S. The van der Waals surface area contributed by atoms with Crippen LogP contribution in [0.2, 0.25) is 0 Å². The van der Waals surface area contributed by atoms with Crippen LogP contribution in [0.3, 0.4) is 0 Å². The topological polar surface area (TPSA) is 93.7 Å². The maximum absolute atomic E-state index is 11.5. The number of amides is 1. The third kappa shape index (κ3) is 7.07. The third-order valence-electron chi connectivity index (χ3n) is 1.87. The van der Waals surface area contributed by atoms with Gasteiger partial charge in [0.05, 0.1) is 6.61 Å². The van der Waals surface area contributed by atoms with Gasteiger partial charge in [0.25, 0.3) is 0 Å². The maximum Gasteiger partial charge on any atom is 0.422 e. The van der Waals surface area contributed by atoms with Crippen LogP contribution in [-0.4, -0.2) is 20.1 Å². The first-order valence-electron chi connectivity index (χ1n) is 5.86. The second-order valence-electron chi connectivity index (χ2n) is 4.96. The van der Waals surface area contributed by atoms with E-state index in [9.17, 15) is 13.2 Å². The Balaban J connectivity index is 2.40. The van der Waals surface area contributed by atoms with Gasteiger partial charge in [-0.1, -0.05) is 35.2 Å². The van der Waals surface area contributed by atoms with E-state index in [4.69, 9.17) is 9.57 Å². The van der Waals surface area contributed by atoms with Gasteiger partial charge in [-0.25, -0.2) is 9.52 Å². The molecule has 1 amide bonds. The average Bonchev–Trinajstić information content (AvgIpc) is 2.26. The molecule has 20 heavy (non-hydrogen) atoms. The number of nitrogens with one attached hydrogen (secondary N) is 2. The highest BCUT2D eigenvalue weighted by Gasteiger charge is 2.21. The second kappa shape index (κ2) is 6.69. The Hall–Kier alpha value is -1.64. The largest absolute Gasteiger partial charge is 0.443 e. The maximum atomic E-state index is 11.5. The first kappa shape index (κ1) is 16.4. The molecule has 2 N–H and O–H groups in total. The molecule has 0 spiro atoms. The van der Waals surface area contributed by atoms with Gasteiger partial charge in [0.15, 0.2) is 0 Å². The summed E-state index contributed by atoms with van der Waals surface area (Å²) < 4.78 is 29.4. The van der Waals surface area contributed by atoms with E-state index in [1.807, 2.05) is 6.07 Å². The quantitative estimate of drug-likeness (QED) is 0.803. The van der Waals surface area contributed by atoms with Gasteiger partial charge in [-0.15, -0.1) is 0 Å². The number of hydrogen-bond donors (Lipinski definition) is 2. The van der Waals surface area contributed by atoms with Gasteiger partial charge in [-0.05, 0) is 26.3 Å². The van der Waals surface area contributed by atoms with Crippen LogP contribution in [0, 0.1) is 0 Å². The highest BCUT2D eigenvalue weighted by Crippen LogP contribution is 2.06. The van der Waals surface area contributed by atoms with Crippen LogP contribution in [0.4, 0.5) is 4.79 Å². The zero-order chi connectivity index (χ0) is 15.2. The SMILES string of the molecule is CC(C)(C)OC(=O)NS(=O)(=O)NOCc1ccccc1. The summed E-state index contributed by atoms with van der Waals surface area (Å²) in [5, 5.41) is 0. The van der Waals surface area contributed by atoms with E-state index in [2.05, 4.69) is 0 Å². The molecule has 0 heterocycles. The molecular weight excluding hydrogens is 284 g/mol. The third-order valence-corrected chi connectivity index (χ3v) is 2.64. The minimum atomic E-state index is -4.12. The highest BCUT2D eigenvalue weighted by atomic mass is 32.2. The lowest BCUT2D eigenvalue weighted by Crippen LogP contribution is -2.42. The Bertz CT molecular complexity index is 537. The summed E-state index contributed by atoms with van der Waals surface area (Å²) in [5.74, 6) is 0. The van der Waals surface area contributed by atoms with Gasteiger partial charge < -0.3 is 4.74 Å². The molecule has 112 valence electrons. The predicted octanol–water partition coefficient (Wildman–Crippen LogP) is 1.48. The number of carbonyl (C=O) groups is 1. The van der Waals surface area contributed by atoms with Crippen molar-refractivity contribution in [2.24, 2.45) is 0 Å². The molecule has 0 fully saturated rings. The van der Waals surface area contributed by atoms with Crippen molar-refractivity contribution in [3.8, 4) is 0 Å². The van der Waals surface area contributed by atoms with Crippen molar-refractivity contribution in [1.29, 1.82) is 0 Å². The summed E-state index contributed by atoms with van der Waals surface area (Å²) in [6, 6.07) is 8.97. The van der Waals surface area contributed by atoms with E-state index in [0.717, 1.165) is 5.56 Å². The minimum absolute atomic E-state index is 0.0378. The van der Waals surface area contributed by atoms with Crippen molar-refractivity contribution >= 4 is 16.3 Å². The Kier molecular flexibility index (Phi) is 5.49. The van der Waals surface area contributed by atoms with Crippen LogP contribution in [0.5, 0.6) is 0 Å². The molecule has 0 saturated heterocycles. The zero-order valence-corrected chi connectivity index (χ0v) is 12.4. The van der Waals surface area contributed by atoms with Crippen LogP contribution in [-0.2, 0) is 26.4 Å². The van der Waals surface area contributed by atoms with Gasteiger partial charge in [0.1, 0.15) is 5.60 Å². The number of hydrogen-bond acceptors (Lipinski definition) is 5. The fourth-order valence-corrected chi connectivity index (χ4v) is 1.71. The Labute approximate surface area is 118 Å². The minimum Gasteiger partial charge on any atom is -0.443 e. The molecule has 0 aliphatic carbocycles. The molecule has 8 heteroatoms. The van der Waals surface area contributed by atoms with E-state index in [1.54, 1.807) is 54.6 Å². The van der Waals surface area contributed by atoms with Crippen molar-refractivity contribution in [1.82, 2.24) is 9.61 Å². The molecule has 0 bridgehead atoms. The van der Waals surface area contributed by atoms with Crippen LogP contribution in [0.15, 0.2) is 30.3 Å². The lowest BCUT2D eigenvalue weighted by atomic mass is 10.2. The molecule has 1 aromatic carbocycles. The van der Waals surface area contributed by atoms with Gasteiger partial charge in [0.2, 0.25) is 0 Å². The van der Waals surface area contributed by atoms with Crippen molar-refractivity contribution in [3.05, 3.63) is 35.9 Å². The Morgan fingerprint density at radius 2 is 1.80 bits per heavy atom. The molecule has 0 saturated carbocycles. The molecule has 0 aromatic heterocycles. The number of carbonyl (C=O) groups excluding carboxylic acids is 1. The lowest BCUT2D eigenvalue weighted by molar-refractivity contribution is 0.0545. The van der Waals surface area contributed by atoms with Crippen molar-refractivity contribution < 1.29 is 22.8 Å². The zero-order valence-electron chi connectivity index (χ0n) is 11.5. The summed E-state index contributed by atoms with van der Waals surface area (Å²) in [6.45, 7) is 4.91. The van der Waals surface area contributed by atoms with Gasteiger partial charge in [0, 0.05) is 0 Å². The van der Waals surface area contributed by atoms with E-state index in [1.165, 1.54) is 0 Å². The summed E-state index contributed by atoms with van der Waals surface area (Å²) in [4.78, 5) is 17.9. The first-order chi connectivity index (χ1) is 9.18. The summed E-state index contributed by atoms with van der Waals surface area (Å²) >= 11 is 0. The summed E-state index contributed by atoms with van der Waals surface area (Å²) in [6.07, 6.45) is -1.08. The van der Waals surface area contributed by atoms with Crippen molar-refractivity contribution in [3.63, 3.8) is 0 Å². The van der Waals surface area contributed by atoms with Gasteiger partial charge >= 0.3 is 16.3 Å². The molecule has 7 nitrogen and oxygen atoms in total. The predicted molar refractivity (Wildman–Crippen MR) is 72.7 cm³/mol. The number of benzene rings is 1. The summed E-state index contributed by atoms with van der Waals surface area (Å²) in [5.41, 5.74) is -0.00251. The molecule has 0 radical (unpaired) electrons. The normalized spacial score (nSPS) is 11.9. The number of rotatable bonds is 5. The second-order valence-corrected chi connectivity index (χ2v) is 6.34. The summed E-state index contributed by atoms with van der Waals surface area (Å²) in [7, 11) is -4.12. The highest BCUT2D eigenvalue weighted by molar-refractivity contribution is 7.87. The molecule has 0 atom stereocenters. The molecule has 0 unspecified atom stereocenters. The average molecular weight is 302 g/mol. The van der Waals surface area contributed by atoms with Crippen LogP contribution >= 0.6 is 0 Å². The van der Waals surface area contributed by atoms with Crippen molar-refractivity contribution in [2.75, 3.05) is 0 Å². The molecule has 0 aliphatic rings. The smallest absolute Gasteiger partial charge is 0.422 e. The van der Waals surface area contributed by atoms with Gasteiger partial charge in [-0.3, -0.25) is 4.84 Å². The fourth-order valence-electron chi connectivity index (χ4n) is 1.19. The van der Waals surface area contributed by atoms with E-state index < -0.39 is 21.9 Å². The first-order valence-corrected chi connectivity index (χ1v) is 7.34. The molecule has 1 rings (SSSR count). The van der Waals surface area contributed by atoms with E-state index in [0.29, 0.717) is 0 Å². The Morgan fingerprint density at radius 1 is 1.20 bits per heavy atom. The van der Waals surface area contributed by atoms with Gasteiger partial charge in [-0.2, -0.15) is 8.42 Å². The fraction of sp³-hybridized carbons (Fsp3) is 0.417. The van der Waals surface area contributed by atoms with Crippen LogP contribution in [0.25, 0.3) is 0 Å². The standard InChI is InChI=1S/C12H18N2O5S/c1-12(2,3)19-11(15)13-20(16,17)14-18-9-10-7-5-4-6-8-10/h4-8,14H,9H2,1-3H3,(H,13,15). The monoisotopic (exact) mass is 302 g/mol. The van der Waals surface area contributed by atoms with E-state index in [-0.39, 0.29) is 6.61 Å². The van der Waals surface area contributed by atoms with Crippen LogP contribution < -0.4 is 9.61 Å². The number of ether oxygens (including phenoxy) is 1.